The van der Waals surface area contributed by atoms with E-state index in [0.29, 0.717) is 31.2 Å². The van der Waals surface area contributed by atoms with Crippen LogP contribution >= 0.6 is 0 Å². The number of carbonyl (C=O) groups is 2. The average Bonchev–Trinajstić information content (AvgIpc) is 3.56. The number of oxazole rings is 1. The van der Waals surface area contributed by atoms with E-state index < -0.39 is 12.2 Å². The Kier molecular flexibility index (Phi) is 12.0. The highest BCUT2D eigenvalue weighted by Crippen LogP contribution is 2.21. The summed E-state index contributed by atoms with van der Waals surface area (Å²) in [6.45, 7) is 2.99. The van der Waals surface area contributed by atoms with Gasteiger partial charge < -0.3 is 13.9 Å². The Hall–Kier alpha value is -3.87. The minimum atomic E-state index is -0.658. The Bertz CT molecular complexity index is 1240. The van der Waals surface area contributed by atoms with E-state index in [1.54, 1.807) is 6.26 Å². The van der Waals surface area contributed by atoms with Gasteiger partial charge in [0.05, 0.1) is 0 Å². The molecular formula is C34H42N2O5. The molecule has 1 aliphatic heterocycles. The summed E-state index contributed by atoms with van der Waals surface area (Å²) >= 11 is 0. The number of imide groups is 1. The molecule has 2 heterocycles. The first-order chi connectivity index (χ1) is 20.1. The van der Waals surface area contributed by atoms with Gasteiger partial charge in [0.1, 0.15) is 24.3 Å². The zero-order valence-corrected chi connectivity index (χ0v) is 24.1. The molecule has 41 heavy (non-hydrogen) atoms. The van der Waals surface area contributed by atoms with Crippen LogP contribution in [-0.4, -0.2) is 34.5 Å². The number of cyclic esters (lactones) is 1. The van der Waals surface area contributed by atoms with E-state index in [1.807, 2.05) is 66.7 Å². The van der Waals surface area contributed by atoms with Gasteiger partial charge in [0.2, 0.25) is 5.89 Å². The summed E-state index contributed by atoms with van der Waals surface area (Å²) in [6, 6.07) is 17.9. The molecule has 0 saturated carbocycles. The maximum Gasteiger partial charge on any atom is 0.417 e. The molecule has 7 nitrogen and oxygen atoms in total. The zero-order valence-electron chi connectivity index (χ0n) is 24.1. The van der Waals surface area contributed by atoms with Gasteiger partial charge in [0.15, 0.2) is 6.10 Å². The van der Waals surface area contributed by atoms with Crippen molar-refractivity contribution in [3.8, 4) is 5.75 Å². The Morgan fingerprint density at radius 2 is 1.61 bits per heavy atom. The van der Waals surface area contributed by atoms with E-state index in [9.17, 15) is 9.59 Å². The first-order valence-electron chi connectivity index (χ1n) is 15.0. The second-order valence-electron chi connectivity index (χ2n) is 10.6. The number of ether oxygens (including phenoxy) is 2. The standard InChI is InChI=1S/C34H42N2O5/c1-2-3-4-5-6-7-8-12-24-36-33(37)31(41-34(36)38)17-13-16-28-18-21-30(22-19-28)39-25-29-26-40-32(35-29)23-20-27-14-10-9-11-15-27/h9-11,14-15,18-23,26,31H,2-8,12-13,16-17,24-25H2,1H3/b23-20+. The van der Waals surface area contributed by atoms with Gasteiger partial charge in [0.25, 0.3) is 5.91 Å². The number of nitrogens with zero attached hydrogens (tertiary/aromatic N) is 2. The SMILES string of the molecule is CCCCCCCCCCN1C(=O)OC(CCCc2ccc(OCc3coc(/C=C/c4ccccc4)n3)cc2)C1=O. The number of rotatable bonds is 18. The van der Waals surface area contributed by atoms with Gasteiger partial charge in [-0.1, -0.05) is 94.3 Å². The van der Waals surface area contributed by atoms with Crippen molar-refractivity contribution in [2.75, 3.05) is 6.54 Å². The third-order valence-electron chi connectivity index (χ3n) is 7.27. The molecule has 3 aromatic rings. The van der Waals surface area contributed by atoms with E-state index in [2.05, 4.69) is 11.9 Å². The summed E-state index contributed by atoms with van der Waals surface area (Å²) < 4.78 is 16.7. The third-order valence-corrected chi connectivity index (χ3v) is 7.27. The van der Waals surface area contributed by atoms with Gasteiger partial charge >= 0.3 is 6.09 Å². The lowest BCUT2D eigenvalue weighted by atomic mass is 10.1. The number of aryl methyl sites for hydroxylation is 1. The number of benzene rings is 2. The Balaban J connectivity index is 1.11. The number of aromatic nitrogens is 1. The molecule has 1 fully saturated rings. The third kappa shape index (κ3) is 9.92. The number of hydrogen-bond acceptors (Lipinski definition) is 6. The van der Waals surface area contributed by atoms with Crippen molar-refractivity contribution in [2.24, 2.45) is 0 Å². The van der Waals surface area contributed by atoms with Crippen molar-refractivity contribution in [1.82, 2.24) is 9.88 Å². The molecule has 1 saturated heterocycles. The molecule has 0 radical (unpaired) electrons. The predicted molar refractivity (Wildman–Crippen MR) is 160 cm³/mol. The number of carbonyl (C=O) groups excluding carboxylic acids is 2. The molecule has 0 aliphatic carbocycles. The van der Waals surface area contributed by atoms with Crippen LogP contribution in [0.3, 0.4) is 0 Å². The molecule has 0 spiro atoms. The van der Waals surface area contributed by atoms with Crippen LogP contribution in [0.25, 0.3) is 12.2 Å². The molecule has 2 amide bonds. The van der Waals surface area contributed by atoms with E-state index >= 15 is 0 Å². The molecule has 1 aromatic heterocycles. The summed E-state index contributed by atoms with van der Waals surface area (Å²) in [4.78, 5) is 30.6. The monoisotopic (exact) mass is 558 g/mol. The van der Waals surface area contributed by atoms with Crippen molar-refractivity contribution in [3.05, 3.63) is 83.6 Å². The van der Waals surface area contributed by atoms with Gasteiger partial charge in [-0.3, -0.25) is 4.79 Å². The molecule has 1 atom stereocenters. The van der Waals surface area contributed by atoms with Crippen molar-refractivity contribution >= 4 is 24.2 Å². The first kappa shape index (κ1) is 30.1. The lowest BCUT2D eigenvalue weighted by Crippen LogP contribution is -2.32. The number of unbranched alkanes of at least 4 members (excludes halogenated alkanes) is 7. The maximum atomic E-state index is 12.7. The molecule has 2 aromatic carbocycles. The summed E-state index contributed by atoms with van der Waals surface area (Å²) in [5, 5.41) is 0. The molecule has 1 aliphatic rings. The van der Waals surface area contributed by atoms with Gasteiger partial charge in [0, 0.05) is 12.6 Å². The van der Waals surface area contributed by atoms with Crippen molar-refractivity contribution in [2.45, 2.75) is 90.3 Å². The van der Waals surface area contributed by atoms with E-state index in [-0.39, 0.29) is 5.91 Å². The predicted octanol–water partition coefficient (Wildman–Crippen LogP) is 8.23. The van der Waals surface area contributed by atoms with Gasteiger partial charge in [-0.05, 0) is 55.0 Å². The summed E-state index contributed by atoms with van der Waals surface area (Å²) in [5.41, 5.74) is 2.93. The fourth-order valence-electron chi connectivity index (χ4n) is 4.89. The Morgan fingerprint density at radius 1 is 0.878 bits per heavy atom. The molecular weight excluding hydrogens is 516 g/mol. The lowest BCUT2D eigenvalue weighted by molar-refractivity contribution is -0.130. The van der Waals surface area contributed by atoms with Crippen molar-refractivity contribution in [3.63, 3.8) is 0 Å². The highest BCUT2D eigenvalue weighted by molar-refractivity contribution is 6.00. The number of amides is 2. The van der Waals surface area contributed by atoms with Crippen LogP contribution in [0.4, 0.5) is 4.79 Å². The fourth-order valence-corrected chi connectivity index (χ4v) is 4.89. The quantitative estimate of drug-likeness (QED) is 0.146. The van der Waals surface area contributed by atoms with Crippen LogP contribution in [0.15, 0.2) is 65.3 Å². The van der Waals surface area contributed by atoms with Crippen LogP contribution in [-0.2, 0) is 22.6 Å². The average molecular weight is 559 g/mol. The highest BCUT2D eigenvalue weighted by Gasteiger charge is 2.39. The van der Waals surface area contributed by atoms with Gasteiger partial charge in [-0.2, -0.15) is 0 Å². The largest absolute Gasteiger partial charge is 0.487 e. The van der Waals surface area contributed by atoms with Crippen LogP contribution in [0.1, 0.15) is 93.8 Å². The van der Waals surface area contributed by atoms with Crippen molar-refractivity contribution < 1.29 is 23.5 Å². The van der Waals surface area contributed by atoms with E-state index in [4.69, 9.17) is 13.9 Å². The minimum Gasteiger partial charge on any atom is -0.487 e. The smallest absolute Gasteiger partial charge is 0.417 e. The topological polar surface area (TPSA) is 81.9 Å². The second-order valence-corrected chi connectivity index (χ2v) is 10.6. The minimum absolute atomic E-state index is 0.187. The van der Waals surface area contributed by atoms with Gasteiger partial charge in [-0.25, -0.2) is 14.7 Å². The molecule has 0 N–H and O–H groups in total. The van der Waals surface area contributed by atoms with E-state index in [0.717, 1.165) is 49.0 Å². The normalized spacial score (nSPS) is 15.1. The first-order valence-corrected chi connectivity index (χ1v) is 15.0. The molecule has 7 heteroatoms. The van der Waals surface area contributed by atoms with Gasteiger partial charge in [-0.15, -0.1) is 0 Å². The van der Waals surface area contributed by atoms with E-state index in [1.165, 1.54) is 37.0 Å². The maximum absolute atomic E-state index is 12.7. The lowest BCUT2D eigenvalue weighted by Gasteiger charge is -2.11. The summed E-state index contributed by atoms with van der Waals surface area (Å²) in [6.07, 6.45) is 15.7. The van der Waals surface area contributed by atoms with Crippen LogP contribution in [0, 0.1) is 0 Å². The Labute approximate surface area is 243 Å². The Morgan fingerprint density at radius 3 is 2.37 bits per heavy atom. The molecule has 0 bridgehead atoms. The molecule has 218 valence electrons. The fraction of sp³-hybridized carbons (Fsp3) is 0.441. The highest BCUT2D eigenvalue weighted by atomic mass is 16.6. The van der Waals surface area contributed by atoms with Crippen LogP contribution in [0.2, 0.25) is 0 Å². The van der Waals surface area contributed by atoms with Crippen LogP contribution < -0.4 is 4.74 Å². The zero-order chi connectivity index (χ0) is 28.7. The molecule has 1 unspecified atom stereocenters. The molecule has 4 rings (SSSR count). The van der Waals surface area contributed by atoms with Crippen LogP contribution in [0.5, 0.6) is 5.75 Å². The van der Waals surface area contributed by atoms with Crippen molar-refractivity contribution in [1.29, 1.82) is 0 Å². The summed E-state index contributed by atoms with van der Waals surface area (Å²) in [5.74, 6) is 1.09. The second kappa shape index (κ2) is 16.4. The summed E-state index contributed by atoms with van der Waals surface area (Å²) in [7, 11) is 0. The number of hydrogen-bond donors (Lipinski definition) is 0.